The van der Waals surface area contributed by atoms with Crippen molar-refractivity contribution >= 4 is 33.2 Å². The summed E-state index contributed by atoms with van der Waals surface area (Å²) in [6, 6.07) is 24.7. The van der Waals surface area contributed by atoms with Crippen molar-refractivity contribution in [2.24, 2.45) is 0 Å². The van der Waals surface area contributed by atoms with Gasteiger partial charge in [0, 0.05) is 17.8 Å². The van der Waals surface area contributed by atoms with Gasteiger partial charge in [-0.1, -0.05) is 60.1 Å². The first kappa shape index (κ1) is 21.0. The number of likely N-dealkylation sites (N-methyl/N-ethyl adjacent to an activating group) is 1. The van der Waals surface area contributed by atoms with E-state index < -0.39 is 10.0 Å². The average Bonchev–Trinajstić information content (AvgIpc) is 2.73. The zero-order valence-electron chi connectivity index (χ0n) is 15.9. The molecule has 0 saturated carbocycles. The molecular weight excluding hydrogens is 408 g/mol. The highest BCUT2D eigenvalue weighted by Crippen LogP contribution is 2.20. The Morgan fingerprint density at radius 1 is 0.862 bits per heavy atom. The molecule has 1 amide bonds. The highest BCUT2D eigenvalue weighted by Gasteiger charge is 2.26. The van der Waals surface area contributed by atoms with E-state index >= 15 is 0 Å². The van der Waals surface area contributed by atoms with E-state index in [0.29, 0.717) is 17.3 Å². The molecule has 7 heteroatoms. The summed E-state index contributed by atoms with van der Waals surface area (Å²) in [7, 11) is -2.42. The lowest BCUT2D eigenvalue weighted by molar-refractivity contribution is -0.118. The van der Waals surface area contributed by atoms with Gasteiger partial charge >= 0.3 is 0 Å². The standard InChI is InChI=1S/C22H21ClN2O3S/c1-24(29(27,28)21-14-12-19(23)13-15-21)17-22(26)25(20-10-6-3-7-11-20)16-18-8-4-2-5-9-18/h2-15H,16-17H2,1H3. The van der Waals surface area contributed by atoms with E-state index in [1.165, 1.54) is 31.3 Å². The lowest BCUT2D eigenvalue weighted by Gasteiger charge is -2.26. The van der Waals surface area contributed by atoms with Crippen molar-refractivity contribution in [2.45, 2.75) is 11.4 Å². The SMILES string of the molecule is CN(CC(=O)N(Cc1ccccc1)c1ccccc1)S(=O)(=O)c1ccc(Cl)cc1. The van der Waals surface area contributed by atoms with Gasteiger partial charge in [-0.25, -0.2) is 8.42 Å². The molecule has 0 bridgehead atoms. The van der Waals surface area contributed by atoms with E-state index in [0.717, 1.165) is 9.87 Å². The molecule has 0 radical (unpaired) electrons. The van der Waals surface area contributed by atoms with Crippen LogP contribution in [-0.4, -0.2) is 32.2 Å². The molecule has 3 aromatic carbocycles. The van der Waals surface area contributed by atoms with Crippen molar-refractivity contribution in [2.75, 3.05) is 18.5 Å². The molecule has 0 aliphatic carbocycles. The fourth-order valence-electron chi connectivity index (χ4n) is 2.84. The molecule has 0 heterocycles. The molecule has 0 atom stereocenters. The number of hydrogen-bond donors (Lipinski definition) is 0. The highest BCUT2D eigenvalue weighted by molar-refractivity contribution is 7.89. The van der Waals surface area contributed by atoms with Crippen molar-refractivity contribution < 1.29 is 13.2 Å². The summed E-state index contributed by atoms with van der Waals surface area (Å²) >= 11 is 5.84. The molecule has 0 saturated heterocycles. The van der Waals surface area contributed by atoms with Gasteiger partial charge in [0.15, 0.2) is 0 Å². The Hall–Kier alpha value is -2.67. The number of benzene rings is 3. The summed E-state index contributed by atoms with van der Waals surface area (Å²) < 4.78 is 26.7. The highest BCUT2D eigenvalue weighted by atomic mass is 35.5. The Morgan fingerprint density at radius 2 is 1.41 bits per heavy atom. The molecule has 0 spiro atoms. The fourth-order valence-corrected chi connectivity index (χ4v) is 4.09. The Balaban J connectivity index is 1.83. The lowest BCUT2D eigenvalue weighted by Crippen LogP contribution is -2.41. The zero-order chi connectivity index (χ0) is 20.9. The Labute approximate surface area is 176 Å². The molecule has 0 aliphatic heterocycles. The predicted octanol–water partition coefficient (Wildman–Crippen LogP) is 4.19. The van der Waals surface area contributed by atoms with Gasteiger partial charge < -0.3 is 4.90 Å². The molecular formula is C22H21ClN2O3S. The molecule has 5 nitrogen and oxygen atoms in total. The maximum Gasteiger partial charge on any atom is 0.243 e. The number of carbonyl (C=O) groups is 1. The van der Waals surface area contributed by atoms with E-state index in [1.54, 1.807) is 4.90 Å². The number of para-hydroxylation sites is 1. The normalized spacial score (nSPS) is 11.4. The minimum Gasteiger partial charge on any atom is -0.307 e. The van der Waals surface area contributed by atoms with E-state index in [4.69, 9.17) is 11.6 Å². The molecule has 0 aliphatic rings. The third kappa shape index (κ3) is 5.23. The van der Waals surface area contributed by atoms with Crippen molar-refractivity contribution in [1.29, 1.82) is 0 Å². The van der Waals surface area contributed by atoms with Gasteiger partial charge in [-0.05, 0) is 42.0 Å². The maximum atomic E-state index is 13.1. The van der Waals surface area contributed by atoms with Gasteiger partial charge in [-0.3, -0.25) is 4.79 Å². The van der Waals surface area contributed by atoms with E-state index in [9.17, 15) is 13.2 Å². The van der Waals surface area contributed by atoms with Gasteiger partial charge in [0.2, 0.25) is 15.9 Å². The number of nitrogens with zero attached hydrogens (tertiary/aromatic N) is 2. The Kier molecular flexibility index (Phi) is 6.69. The number of amides is 1. The first-order valence-corrected chi connectivity index (χ1v) is 10.8. The van der Waals surface area contributed by atoms with Crippen molar-refractivity contribution in [3.05, 3.63) is 95.5 Å². The van der Waals surface area contributed by atoms with Crippen LogP contribution in [0.2, 0.25) is 5.02 Å². The van der Waals surface area contributed by atoms with Gasteiger partial charge in [0.25, 0.3) is 0 Å². The summed E-state index contributed by atoms with van der Waals surface area (Å²) in [6.07, 6.45) is 0. The van der Waals surface area contributed by atoms with Crippen LogP contribution >= 0.6 is 11.6 Å². The van der Waals surface area contributed by atoms with Crippen LogP contribution in [0.3, 0.4) is 0 Å². The van der Waals surface area contributed by atoms with Gasteiger partial charge in [0.1, 0.15) is 0 Å². The minimum absolute atomic E-state index is 0.0894. The Bertz CT molecular complexity index is 1060. The molecule has 0 N–H and O–H groups in total. The monoisotopic (exact) mass is 428 g/mol. The topological polar surface area (TPSA) is 57.7 Å². The van der Waals surface area contributed by atoms with Gasteiger partial charge in [-0.2, -0.15) is 4.31 Å². The average molecular weight is 429 g/mol. The smallest absolute Gasteiger partial charge is 0.243 e. The third-order valence-corrected chi connectivity index (χ3v) is 6.50. The van der Waals surface area contributed by atoms with E-state index in [-0.39, 0.29) is 17.3 Å². The van der Waals surface area contributed by atoms with Crippen molar-refractivity contribution in [1.82, 2.24) is 4.31 Å². The summed E-state index contributed by atoms with van der Waals surface area (Å²) in [5.74, 6) is -0.319. The second-order valence-corrected chi connectivity index (χ2v) is 9.00. The molecule has 0 unspecified atom stereocenters. The molecule has 3 aromatic rings. The molecule has 3 rings (SSSR count). The molecule has 0 fully saturated rings. The first-order chi connectivity index (χ1) is 13.9. The predicted molar refractivity (Wildman–Crippen MR) is 115 cm³/mol. The van der Waals surface area contributed by atoms with Crippen LogP contribution in [0.25, 0.3) is 0 Å². The lowest BCUT2D eigenvalue weighted by atomic mass is 10.2. The molecule has 150 valence electrons. The van der Waals surface area contributed by atoms with Gasteiger partial charge in [0.05, 0.1) is 18.0 Å². The number of carbonyl (C=O) groups excluding carboxylic acids is 1. The summed E-state index contributed by atoms with van der Waals surface area (Å²) in [5, 5.41) is 0.445. The van der Waals surface area contributed by atoms with E-state index in [2.05, 4.69) is 0 Å². The summed E-state index contributed by atoms with van der Waals surface area (Å²) in [5.41, 5.74) is 1.66. The second kappa shape index (κ2) is 9.22. The van der Waals surface area contributed by atoms with Crippen molar-refractivity contribution in [3.63, 3.8) is 0 Å². The number of halogens is 1. The summed E-state index contributed by atoms with van der Waals surface area (Å²) in [4.78, 5) is 14.8. The molecule has 0 aromatic heterocycles. The minimum atomic E-state index is -3.81. The molecule has 29 heavy (non-hydrogen) atoms. The number of anilines is 1. The summed E-state index contributed by atoms with van der Waals surface area (Å²) in [6.45, 7) is 0.0607. The second-order valence-electron chi connectivity index (χ2n) is 6.52. The van der Waals surface area contributed by atoms with Crippen molar-refractivity contribution in [3.8, 4) is 0 Å². The van der Waals surface area contributed by atoms with Crippen LogP contribution in [0.5, 0.6) is 0 Å². The fraction of sp³-hybridized carbons (Fsp3) is 0.136. The van der Waals surface area contributed by atoms with Gasteiger partial charge in [-0.15, -0.1) is 0 Å². The first-order valence-electron chi connectivity index (χ1n) is 8.99. The van der Waals surface area contributed by atoms with Crippen LogP contribution in [0.1, 0.15) is 5.56 Å². The van der Waals surface area contributed by atoms with Crippen LogP contribution in [0, 0.1) is 0 Å². The number of hydrogen-bond acceptors (Lipinski definition) is 3. The van der Waals surface area contributed by atoms with Crippen LogP contribution in [0.15, 0.2) is 89.8 Å². The largest absolute Gasteiger partial charge is 0.307 e. The number of sulfonamides is 1. The number of rotatable bonds is 7. The maximum absolute atomic E-state index is 13.1. The quantitative estimate of drug-likeness (QED) is 0.566. The Morgan fingerprint density at radius 3 is 2.00 bits per heavy atom. The van der Waals surface area contributed by atoms with E-state index in [1.807, 2.05) is 60.7 Å². The van der Waals surface area contributed by atoms with Crippen LogP contribution in [0.4, 0.5) is 5.69 Å². The zero-order valence-corrected chi connectivity index (χ0v) is 17.5. The van der Waals surface area contributed by atoms with Crippen LogP contribution < -0.4 is 4.90 Å². The third-order valence-electron chi connectivity index (χ3n) is 4.43. The van der Waals surface area contributed by atoms with Crippen LogP contribution in [-0.2, 0) is 21.4 Å².